The fourth-order valence-electron chi connectivity index (χ4n) is 2.07. The Morgan fingerprint density at radius 2 is 2.22 bits per heavy atom. The van der Waals surface area contributed by atoms with Crippen molar-refractivity contribution < 1.29 is 14.3 Å². The number of unbranched alkanes of at least 4 members (excludes halogenated alkanes) is 1. The van der Waals surface area contributed by atoms with E-state index >= 15 is 0 Å². The van der Waals surface area contributed by atoms with Crippen molar-refractivity contribution in [3.05, 3.63) is 24.3 Å². The molecule has 1 fully saturated rings. The minimum Gasteiger partial charge on any atom is -0.495 e. The molecule has 124 valence electrons. The molecule has 1 aromatic carbocycles. The van der Waals surface area contributed by atoms with Crippen LogP contribution in [0.25, 0.3) is 0 Å². The van der Waals surface area contributed by atoms with Crippen molar-refractivity contribution in [1.29, 1.82) is 0 Å². The second-order valence-corrected chi connectivity index (χ2v) is 6.28. The van der Waals surface area contributed by atoms with E-state index < -0.39 is 5.25 Å². The topological polar surface area (TPSA) is 79.8 Å². The molecule has 0 aromatic heterocycles. The average Bonchev–Trinajstić information content (AvgIpc) is 2.88. The van der Waals surface area contributed by atoms with Gasteiger partial charge in [0.05, 0.1) is 12.8 Å². The van der Waals surface area contributed by atoms with Crippen molar-refractivity contribution in [3.63, 3.8) is 0 Å². The molecule has 0 unspecified atom stereocenters. The normalized spacial score (nSPS) is 18.8. The monoisotopic (exact) mass is 335 g/mol. The lowest BCUT2D eigenvalue weighted by molar-refractivity contribution is -0.122. The van der Waals surface area contributed by atoms with Gasteiger partial charge in [0.1, 0.15) is 11.0 Å². The highest BCUT2D eigenvalue weighted by Crippen LogP contribution is 2.26. The lowest BCUT2D eigenvalue weighted by atomic mass is 10.2. The molecule has 2 N–H and O–H groups in total. The lowest BCUT2D eigenvalue weighted by Gasteiger charge is -2.10. The first-order valence-electron chi connectivity index (χ1n) is 7.59. The Morgan fingerprint density at radius 1 is 1.43 bits per heavy atom. The molecule has 0 aliphatic carbocycles. The van der Waals surface area contributed by atoms with E-state index in [0.717, 1.165) is 12.8 Å². The third-order valence-electron chi connectivity index (χ3n) is 3.30. The van der Waals surface area contributed by atoms with Crippen molar-refractivity contribution >= 4 is 34.4 Å². The average molecular weight is 335 g/mol. The summed E-state index contributed by atoms with van der Waals surface area (Å²) in [6.07, 6.45) is 2.14. The first kappa shape index (κ1) is 17.3. The summed E-state index contributed by atoms with van der Waals surface area (Å²) in [4.78, 5) is 28.4. The van der Waals surface area contributed by atoms with E-state index in [-0.39, 0.29) is 18.2 Å². The van der Waals surface area contributed by atoms with Gasteiger partial charge in [0.15, 0.2) is 5.17 Å². The van der Waals surface area contributed by atoms with E-state index in [0.29, 0.717) is 23.1 Å². The maximum absolute atomic E-state index is 12.1. The number of hydrogen-bond acceptors (Lipinski definition) is 5. The molecule has 1 aromatic rings. The summed E-state index contributed by atoms with van der Waals surface area (Å²) in [6, 6.07) is 7.17. The fraction of sp³-hybridized carbons (Fsp3) is 0.438. The minimum absolute atomic E-state index is 0.0986. The van der Waals surface area contributed by atoms with Gasteiger partial charge in [-0.05, 0) is 18.6 Å². The number of amidine groups is 1. The van der Waals surface area contributed by atoms with Crippen LogP contribution in [0.3, 0.4) is 0 Å². The Labute approximate surface area is 140 Å². The Morgan fingerprint density at radius 3 is 2.96 bits per heavy atom. The molecule has 23 heavy (non-hydrogen) atoms. The number of methoxy groups -OCH3 is 1. The van der Waals surface area contributed by atoms with Crippen LogP contribution in [0.2, 0.25) is 0 Å². The molecule has 1 aliphatic heterocycles. The summed E-state index contributed by atoms with van der Waals surface area (Å²) in [5.74, 6) is 0.198. The summed E-state index contributed by atoms with van der Waals surface area (Å²) in [6.45, 7) is 2.78. The van der Waals surface area contributed by atoms with Gasteiger partial charge >= 0.3 is 0 Å². The van der Waals surface area contributed by atoms with Crippen LogP contribution >= 0.6 is 11.8 Å². The molecule has 1 atom stereocenters. The molecule has 1 saturated heterocycles. The van der Waals surface area contributed by atoms with Gasteiger partial charge in [0, 0.05) is 13.0 Å². The highest BCUT2D eigenvalue weighted by molar-refractivity contribution is 8.15. The van der Waals surface area contributed by atoms with E-state index in [9.17, 15) is 9.59 Å². The number of benzene rings is 1. The van der Waals surface area contributed by atoms with E-state index in [1.54, 1.807) is 19.2 Å². The number of amides is 2. The number of thioether (sulfide) groups is 1. The first-order chi connectivity index (χ1) is 11.1. The number of anilines is 1. The number of ether oxygens (including phenoxy) is 1. The molecule has 2 amide bonds. The van der Waals surface area contributed by atoms with E-state index in [4.69, 9.17) is 4.74 Å². The number of nitrogens with zero attached hydrogens (tertiary/aromatic N) is 1. The second kappa shape index (κ2) is 8.57. The predicted molar refractivity (Wildman–Crippen MR) is 93.0 cm³/mol. The zero-order chi connectivity index (χ0) is 16.7. The van der Waals surface area contributed by atoms with Crippen LogP contribution in [0.4, 0.5) is 5.69 Å². The van der Waals surface area contributed by atoms with Crippen LogP contribution in [0.1, 0.15) is 26.2 Å². The van der Waals surface area contributed by atoms with Crippen LogP contribution in [-0.4, -0.2) is 35.9 Å². The molecule has 0 spiro atoms. The molecule has 6 nitrogen and oxygen atoms in total. The van der Waals surface area contributed by atoms with Gasteiger partial charge in [-0.15, -0.1) is 0 Å². The van der Waals surface area contributed by atoms with Crippen LogP contribution in [-0.2, 0) is 9.59 Å². The molecule has 1 aliphatic rings. The van der Waals surface area contributed by atoms with Gasteiger partial charge in [-0.3, -0.25) is 14.6 Å². The van der Waals surface area contributed by atoms with Crippen molar-refractivity contribution in [2.45, 2.75) is 31.4 Å². The smallest absolute Gasteiger partial charge is 0.240 e. The van der Waals surface area contributed by atoms with Crippen LogP contribution < -0.4 is 15.4 Å². The number of aliphatic imine (C=N–C) groups is 1. The number of hydrogen-bond donors (Lipinski definition) is 2. The standard InChI is InChI=1S/C16H21N3O3S/c1-3-4-9-17-16-19-15(21)13(23-16)10-14(20)18-11-7-5-6-8-12(11)22-2/h5-8,13H,3-4,9-10H2,1-2H3,(H,18,20)(H,17,19,21)/t13-/m0/s1. The minimum atomic E-state index is -0.440. The van der Waals surface area contributed by atoms with Gasteiger partial charge in [-0.2, -0.15) is 0 Å². The van der Waals surface area contributed by atoms with Crippen molar-refractivity contribution in [2.24, 2.45) is 4.99 Å². The summed E-state index contributed by atoms with van der Waals surface area (Å²) in [5, 5.41) is 5.67. The number of rotatable bonds is 7. The lowest BCUT2D eigenvalue weighted by Crippen LogP contribution is -2.28. The zero-order valence-corrected chi connectivity index (χ0v) is 14.1. The van der Waals surface area contributed by atoms with Crippen molar-refractivity contribution in [2.75, 3.05) is 19.0 Å². The molecule has 0 saturated carbocycles. The highest BCUT2D eigenvalue weighted by atomic mass is 32.2. The maximum atomic E-state index is 12.1. The Balaban J connectivity index is 1.90. The number of carbonyl (C=O) groups is 2. The summed E-state index contributed by atoms with van der Waals surface area (Å²) in [7, 11) is 1.55. The first-order valence-corrected chi connectivity index (χ1v) is 8.46. The summed E-state index contributed by atoms with van der Waals surface area (Å²) >= 11 is 1.32. The molecule has 0 radical (unpaired) electrons. The van der Waals surface area contributed by atoms with Crippen LogP contribution in [0, 0.1) is 0 Å². The summed E-state index contributed by atoms with van der Waals surface area (Å²) < 4.78 is 5.19. The highest BCUT2D eigenvalue weighted by Gasteiger charge is 2.32. The van der Waals surface area contributed by atoms with Gasteiger partial charge in [0.2, 0.25) is 11.8 Å². The van der Waals surface area contributed by atoms with Gasteiger partial charge in [0.25, 0.3) is 0 Å². The summed E-state index contributed by atoms with van der Waals surface area (Å²) in [5.41, 5.74) is 0.597. The maximum Gasteiger partial charge on any atom is 0.240 e. The van der Waals surface area contributed by atoms with Gasteiger partial charge in [-0.1, -0.05) is 37.2 Å². The van der Waals surface area contributed by atoms with E-state index in [2.05, 4.69) is 22.5 Å². The van der Waals surface area contributed by atoms with E-state index in [1.807, 2.05) is 12.1 Å². The number of para-hydroxylation sites is 2. The van der Waals surface area contributed by atoms with Crippen molar-refractivity contribution in [3.8, 4) is 5.75 Å². The van der Waals surface area contributed by atoms with Gasteiger partial charge < -0.3 is 15.4 Å². The van der Waals surface area contributed by atoms with Crippen molar-refractivity contribution in [1.82, 2.24) is 5.32 Å². The molecular weight excluding hydrogens is 314 g/mol. The molecule has 1 heterocycles. The Bertz CT molecular complexity index is 604. The quantitative estimate of drug-likeness (QED) is 0.750. The number of nitrogens with one attached hydrogen (secondary N) is 2. The molecular formula is C16H21N3O3S. The third kappa shape index (κ3) is 4.99. The predicted octanol–water partition coefficient (Wildman–Crippen LogP) is 2.41. The van der Waals surface area contributed by atoms with Crippen LogP contribution in [0.15, 0.2) is 29.3 Å². The third-order valence-corrected chi connectivity index (χ3v) is 4.42. The molecule has 0 bridgehead atoms. The fourth-order valence-corrected chi connectivity index (χ4v) is 3.07. The van der Waals surface area contributed by atoms with E-state index in [1.165, 1.54) is 11.8 Å². The van der Waals surface area contributed by atoms with Crippen LogP contribution in [0.5, 0.6) is 5.75 Å². The Hall–Kier alpha value is -2.02. The Kier molecular flexibility index (Phi) is 6.46. The SMILES string of the molecule is CCCCN=C1NC(=O)[C@H](CC(=O)Nc2ccccc2OC)S1. The molecule has 7 heteroatoms. The largest absolute Gasteiger partial charge is 0.495 e. The zero-order valence-electron chi connectivity index (χ0n) is 13.3. The second-order valence-electron chi connectivity index (χ2n) is 5.09. The number of carbonyl (C=O) groups excluding carboxylic acids is 2. The van der Waals surface area contributed by atoms with Gasteiger partial charge in [-0.25, -0.2) is 0 Å². The molecule has 2 rings (SSSR count).